The summed E-state index contributed by atoms with van der Waals surface area (Å²) in [6.45, 7) is 11.7. The zero-order valence-corrected chi connectivity index (χ0v) is 11.1. The van der Waals surface area contributed by atoms with Crippen molar-refractivity contribution in [3.63, 3.8) is 0 Å². The van der Waals surface area contributed by atoms with Crippen LogP contribution >= 0.6 is 0 Å². The molecule has 1 aliphatic rings. The van der Waals surface area contributed by atoms with E-state index in [2.05, 4.69) is 25.3 Å². The molecule has 0 radical (unpaired) electrons. The molecule has 98 valence electrons. The molecule has 2 N–H and O–H groups in total. The molecule has 0 aromatic carbocycles. The maximum Gasteiger partial charge on any atom is 0.239 e. The molecule has 1 heterocycles. The van der Waals surface area contributed by atoms with E-state index >= 15 is 0 Å². The maximum absolute atomic E-state index is 12.0. The standard InChI is InChI=1S/C13H25N3O/c1-4-7-12(14)13(17)16-9-8-11(10-16)15(5-2)6-3/h4,11-12H,1,5-10,14H2,2-3H3. The van der Waals surface area contributed by atoms with Gasteiger partial charge in [-0.1, -0.05) is 19.9 Å². The van der Waals surface area contributed by atoms with E-state index in [1.807, 2.05) is 4.90 Å². The Balaban J connectivity index is 2.49. The van der Waals surface area contributed by atoms with Crippen molar-refractivity contribution < 1.29 is 4.79 Å². The highest BCUT2D eigenvalue weighted by Gasteiger charge is 2.30. The number of nitrogens with two attached hydrogens (primary N) is 1. The van der Waals surface area contributed by atoms with Crippen molar-refractivity contribution >= 4 is 5.91 Å². The molecule has 4 heteroatoms. The Labute approximate surface area is 104 Å². The van der Waals surface area contributed by atoms with Gasteiger partial charge < -0.3 is 10.6 Å². The van der Waals surface area contributed by atoms with E-state index in [4.69, 9.17) is 5.73 Å². The Morgan fingerprint density at radius 3 is 2.76 bits per heavy atom. The fourth-order valence-electron chi connectivity index (χ4n) is 2.49. The van der Waals surface area contributed by atoms with Crippen LogP contribution in [-0.4, -0.2) is 54.0 Å². The molecule has 0 aliphatic carbocycles. The Morgan fingerprint density at radius 1 is 1.59 bits per heavy atom. The minimum absolute atomic E-state index is 0.0690. The van der Waals surface area contributed by atoms with Crippen LogP contribution in [0.15, 0.2) is 12.7 Å². The van der Waals surface area contributed by atoms with Crippen molar-refractivity contribution in [1.82, 2.24) is 9.80 Å². The van der Waals surface area contributed by atoms with Crippen molar-refractivity contribution in [2.45, 2.75) is 38.8 Å². The van der Waals surface area contributed by atoms with Crippen LogP contribution in [0, 0.1) is 0 Å². The van der Waals surface area contributed by atoms with E-state index in [0.29, 0.717) is 12.5 Å². The highest BCUT2D eigenvalue weighted by molar-refractivity contribution is 5.82. The van der Waals surface area contributed by atoms with Gasteiger partial charge in [0.1, 0.15) is 0 Å². The van der Waals surface area contributed by atoms with Crippen molar-refractivity contribution in [2.24, 2.45) is 5.73 Å². The molecule has 1 aliphatic heterocycles. The molecule has 1 saturated heterocycles. The van der Waals surface area contributed by atoms with Gasteiger partial charge in [0.25, 0.3) is 0 Å². The van der Waals surface area contributed by atoms with Crippen LogP contribution in [0.2, 0.25) is 0 Å². The average molecular weight is 239 g/mol. The molecule has 17 heavy (non-hydrogen) atoms. The topological polar surface area (TPSA) is 49.6 Å². The first-order valence-corrected chi connectivity index (χ1v) is 6.53. The number of hydrogen-bond donors (Lipinski definition) is 1. The SMILES string of the molecule is C=CCC(N)C(=O)N1CCC(N(CC)CC)C1. The molecular formula is C13H25N3O. The van der Waals surface area contributed by atoms with Gasteiger partial charge in [0.05, 0.1) is 6.04 Å². The molecule has 4 nitrogen and oxygen atoms in total. The molecule has 0 aromatic rings. The van der Waals surface area contributed by atoms with Crippen LogP contribution in [-0.2, 0) is 4.79 Å². The molecule has 1 rings (SSSR count). The summed E-state index contributed by atoms with van der Waals surface area (Å²) in [7, 11) is 0. The van der Waals surface area contributed by atoms with E-state index in [9.17, 15) is 4.79 Å². The lowest BCUT2D eigenvalue weighted by Gasteiger charge is -2.26. The zero-order chi connectivity index (χ0) is 12.8. The van der Waals surface area contributed by atoms with Crippen molar-refractivity contribution in [2.75, 3.05) is 26.2 Å². The van der Waals surface area contributed by atoms with Crippen molar-refractivity contribution in [1.29, 1.82) is 0 Å². The summed E-state index contributed by atoms with van der Waals surface area (Å²) in [6, 6.07) is 0.0906. The number of amides is 1. The molecule has 2 unspecified atom stereocenters. The monoisotopic (exact) mass is 239 g/mol. The lowest BCUT2D eigenvalue weighted by molar-refractivity contribution is -0.131. The van der Waals surface area contributed by atoms with Gasteiger partial charge in [-0.25, -0.2) is 0 Å². The molecule has 1 fully saturated rings. The van der Waals surface area contributed by atoms with E-state index in [0.717, 1.165) is 32.6 Å². The molecule has 0 saturated carbocycles. The number of carbonyl (C=O) groups is 1. The normalized spacial score (nSPS) is 21.9. The highest BCUT2D eigenvalue weighted by atomic mass is 16.2. The van der Waals surface area contributed by atoms with Crippen molar-refractivity contribution in [3.05, 3.63) is 12.7 Å². The van der Waals surface area contributed by atoms with Crippen LogP contribution in [0.1, 0.15) is 26.7 Å². The molecule has 0 bridgehead atoms. The van der Waals surface area contributed by atoms with Gasteiger partial charge in [-0.15, -0.1) is 6.58 Å². The smallest absolute Gasteiger partial charge is 0.239 e. The number of likely N-dealkylation sites (tertiary alicyclic amines) is 1. The fourth-order valence-corrected chi connectivity index (χ4v) is 2.49. The predicted molar refractivity (Wildman–Crippen MR) is 70.7 cm³/mol. The summed E-state index contributed by atoms with van der Waals surface area (Å²) in [5.74, 6) is 0.0690. The first-order chi connectivity index (χ1) is 8.13. The Bertz CT molecular complexity index is 263. The minimum Gasteiger partial charge on any atom is -0.340 e. The molecule has 1 amide bonds. The summed E-state index contributed by atoms with van der Waals surface area (Å²) >= 11 is 0. The van der Waals surface area contributed by atoms with Gasteiger partial charge in [0, 0.05) is 19.1 Å². The Hall–Kier alpha value is -0.870. The summed E-state index contributed by atoms with van der Waals surface area (Å²) in [5, 5.41) is 0. The zero-order valence-electron chi connectivity index (χ0n) is 11.1. The molecule has 0 aromatic heterocycles. The number of carbonyl (C=O) groups excluding carboxylic acids is 1. The molecule has 2 atom stereocenters. The second-order valence-corrected chi connectivity index (χ2v) is 4.58. The van der Waals surface area contributed by atoms with Crippen LogP contribution in [0.5, 0.6) is 0 Å². The average Bonchev–Trinajstić information content (AvgIpc) is 2.79. The first-order valence-electron chi connectivity index (χ1n) is 6.53. The molecule has 0 spiro atoms. The third kappa shape index (κ3) is 3.54. The van der Waals surface area contributed by atoms with Gasteiger partial charge in [-0.05, 0) is 25.9 Å². The Kier molecular flexibility index (Phi) is 5.65. The highest BCUT2D eigenvalue weighted by Crippen LogP contribution is 2.16. The molecular weight excluding hydrogens is 214 g/mol. The van der Waals surface area contributed by atoms with Gasteiger partial charge in [-0.3, -0.25) is 9.69 Å². The second-order valence-electron chi connectivity index (χ2n) is 4.58. The second kappa shape index (κ2) is 6.77. The summed E-state index contributed by atoms with van der Waals surface area (Å²) in [5.41, 5.74) is 5.82. The van der Waals surface area contributed by atoms with E-state index in [-0.39, 0.29) is 5.91 Å². The fraction of sp³-hybridized carbons (Fsp3) is 0.769. The van der Waals surface area contributed by atoms with Crippen LogP contribution in [0.4, 0.5) is 0 Å². The number of nitrogens with zero attached hydrogens (tertiary/aromatic N) is 2. The maximum atomic E-state index is 12.0. The number of rotatable bonds is 6. The van der Waals surface area contributed by atoms with Gasteiger partial charge in [0.15, 0.2) is 0 Å². The summed E-state index contributed by atoms with van der Waals surface area (Å²) < 4.78 is 0. The van der Waals surface area contributed by atoms with Crippen molar-refractivity contribution in [3.8, 4) is 0 Å². The quantitative estimate of drug-likeness (QED) is 0.699. The number of likely N-dealkylation sites (N-methyl/N-ethyl adjacent to an activating group) is 1. The van der Waals surface area contributed by atoms with Gasteiger partial charge in [0.2, 0.25) is 5.91 Å². The van der Waals surface area contributed by atoms with E-state index in [1.165, 1.54) is 0 Å². The lowest BCUT2D eigenvalue weighted by Crippen LogP contribution is -2.44. The van der Waals surface area contributed by atoms with Crippen LogP contribution in [0.3, 0.4) is 0 Å². The predicted octanol–water partition coefficient (Wildman–Crippen LogP) is 0.833. The first kappa shape index (κ1) is 14.2. The van der Waals surface area contributed by atoms with E-state index in [1.54, 1.807) is 6.08 Å². The Morgan fingerprint density at radius 2 is 2.24 bits per heavy atom. The van der Waals surface area contributed by atoms with Crippen LogP contribution < -0.4 is 5.73 Å². The van der Waals surface area contributed by atoms with E-state index < -0.39 is 6.04 Å². The van der Waals surface area contributed by atoms with Crippen LogP contribution in [0.25, 0.3) is 0 Å². The summed E-state index contributed by atoms with van der Waals surface area (Å²) in [6.07, 6.45) is 3.33. The summed E-state index contributed by atoms with van der Waals surface area (Å²) in [4.78, 5) is 16.3. The third-order valence-corrected chi connectivity index (χ3v) is 3.54. The lowest BCUT2D eigenvalue weighted by atomic mass is 10.2. The largest absolute Gasteiger partial charge is 0.340 e. The number of hydrogen-bond acceptors (Lipinski definition) is 3. The third-order valence-electron chi connectivity index (χ3n) is 3.54. The minimum atomic E-state index is -0.414. The van der Waals surface area contributed by atoms with Gasteiger partial charge >= 0.3 is 0 Å². The van der Waals surface area contributed by atoms with Gasteiger partial charge in [-0.2, -0.15) is 0 Å².